The highest BCUT2D eigenvalue weighted by Crippen LogP contribution is 2.38. The van der Waals surface area contributed by atoms with Crippen molar-refractivity contribution in [3.8, 4) is 5.75 Å². The molecular weight excluding hydrogens is 733 g/mol. The van der Waals surface area contributed by atoms with Crippen LogP contribution in [-0.2, 0) is 30.5 Å². The third-order valence-corrected chi connectivity index (χ3v) is 8.72. The van der Waals surface area contributed by atoms with Gasteiger partial charge >= 0.3 is 11.3 Å². The molecule has 10 nitrogen and oxygen atoms in total. The number of para-hydroxylation sites is 1. The Labute approximate surface area is 288 Å². The Morgan fingerprint density at radius 1 is 0.956 bits per heavy atom. The molecule has 0 radical (unpaired) electrons. The molecule has 2 aliphatic heterocycles. The smallest absolute Gasteiger partial charge is 0.369 e. The predicted molar refractivity (Wildman–Crippen MR) is 176 cm³/mol. The predicted octanol–water partition coefficient (Wildman–Crippen LogP) is 5.79. The number of hydrogen-bond acceptors (Lipinski definition) is 9. The number of likely N-dealkylation sites (tertiary alicyclic amines) is 2. The van der Waals surface area contributed by atoms with Crippen molar-refractivity contribution in [2.75, 3.05) is 31.6 Å². The second-order valence-electron chi connectivity index (χ2n) is 10.1. The average molecular weight is 764 g/mol. The molecule has 2 aromatic carbocycles. The summed E-state index contributed by atoms with van der Waals surface area (Å²) in [5, 5.41) is 1.05. The largest absolute Gasteiger partial charge is 0.484 e. The van der Waals surface area contributed by atoms with Crippen molar-refractivity contribution < 1.29 is 33.4 Å². The van der Waals surface area contributed by atoms with Crippen LogP contribution in [0, 0.1) is 0 Å². The lowest BCUT2D eigenvalue weighted by atomic mass is 10.0. The molecule has 2 heterocycles. The van der Waals surface area contributed by atoms with E-state index in [1.54, 1.807) is 36.4 Å². The van der Waals surface area contributed by atoms with Crippen LogP contribution in [0.25, 0.3) is 0 Å². The van der Waals surface area contributed by atoms with Gasteiger partial charge in [0.2, 0.25) is 3.79 Å². The number of thioether (sulfide) groups is 1. The van der Waals surface area contributed by atoms with Gasteiger partial charge in [0, 0.05) is 18.4 Å². The van der Waals surface area contributed by atoms with E-state index in [-0.39, 0.29) is 24.2 Å². The molecule has 1 N–H and O–H groups in total. The maximum Gasteiger partial charge on any atom is 0.369 e. The van der Waals surface area contributed by atoms with Gasteiger partial charge < -0.3 is 24.4 Å². The first-order chi connectivity index (χ1) is 21.6. The highest BCUT2D eigenvalue weighted by molar-refractivity contribution is 9.09. The zero-order valence-electron chi connectivity index (χ0n) is 24.0. The van der Waals surface area contributed by atoms with Crippen LogP contribution < -0.4 is 10.1 Å². The zero-order chi connectivity index (χ0) is 32.4. The normalized spacial score (nSPS) is 18.8. The van der Waals surface area contributed by atoms with Gasteiger partial charge in [-0.3, -0.25) is 14.5 Å². The topological polar surface area (TPSA) is 114 Å². The zero-order valence-corrected chi connectivity index (χ0v) is 28.6. The lowest BCUT2D eigenvalue weighted by Crippen LogP contribution is -2.70. The lowest BCUT2D eigenvalue weighted by Gasteiger charge is -2.47. The summed E-state index contributed by atoms with van der Waals surface area (Å²) in [5.41, 5.74) is 1.11. The fraction of sp³-hybridized carbons (Fsp3) is 0.400. The number of nitrogens with zero attached hydrogens (tertiary/aromatic N) is 2. The number of ether oxygens (including phenoxy) is 3. The van der Waals surface area contributed by atoms with Gasteiger partial charge in [-0.1, -0.05) is 99.3 Å². The Bertz CT molecular complexity index is 1380. The summed E-state index contributed by atoms with van der Waals surface area (Å²) < 4.78 is 14.4. The highest BCUT2D eigenvalue weighted by atomic mass is 79.9. The molecule has 0 aliphatic carbocycles. The highest BCUT2D eigenvalue weighted by Gasteiger charge is 2.54. The first-order valence-corrected chi connectivity index (χ1v) is 17.2. The Hall–Kier alpha value is -2.64. The van der Waals surface area contributed by atoms with Crippen LogP contribution in [-0.4, -0.2) is 79.7 Å². The Morgan fingerprint density at radius 2 is 1.60 bits per heavy atom. The summed E-state index contributed by atoms with van der Waals surface area (Å²) in [4.78, 5) is 56.4. The molecule has 242 valence electrons. The van der Waals surface area contributed by atoms with Crippen molar-refractivity contribution in [1.29, 1.82) is 0 Å². The van der Waals surface area contributed by atoms with Crippen LogP contribution in [0.3, 0.4) is 0 Å². The number of hydrogen-bond donors (Lipinski definition) is 1. The van der Waals surface area contributed by atoms with E-state index in [2.05, 4.69) is 21.2 Å². The van der Waals surface area contributed by atoms with E-state index in [0.29, 0.717) is 36.3 Å². The molecule has 4 rings (SSSR count). The molecule has 2 fully saturated rings. The molecule has 0 bridgehead atoms. The molecule has 2 aliphatic rings. The van der Waals surface area contributed by atoms with E-state index in [1.807, 2.05) is 29.2 Å². The van der Waals surface area contributed by atoms with E-state index in [4.69, 9.17) is 49.0 Å². The third kappa shape index (κ3) is 10.2. The summed E-state index contributed by atoms with van der Waals surface area (Å²) in [5.74, 6) is -1.68. The molecule has 2 amide bonds. The van der Waals surface area contributed by atoms with E-state index in [1.165, 1.54) is 0 Å². The minimum atomic E-state index is -1.90. The second kappa shape index (κ2) is 16.8. The molecule has 0 saturated carbocycles. The Morgan fingerprint density at radius 3 is 2.22 bits per heavy atom. The Kier molecular flexibility index (Phi) is 13.1. The van der Waals surface area contributed by atoms with Gasteiger partial charge in [-0.25, -0.2) is 9.59 Å². The number of nitrogens with one attached hydrogen (secondary N) is 1. The van der Waals surface area contributed by atoms with Gasteiger partial charge in [-0.05, 0) is 48.7 Å². The number of allylic oxidation sites excluding steroid dienone is 1. The summed E-state index contributed by atoms with van der Waals surface area (Å²) in [6, 6.07) is 16.6. The van der Waals surface area contributed by atoms with E-state index >= 15 is 0 Å². The molecule has 2 unspecified atom stereocenters. The molecule has 15 heteroatoms. The number of carbonyl (C=O) groups is 4. The number of piperidine rings is 1. The van der Waals surface area contributed by atoms with Crippen LogP contribution in [0.2, 0.25) is 0 Å². The van der Waals surface area contributed by atoms with Crippen molar-refractivity contribution in [2.45, 2.75) is 41.1 Å². The van der Waals surface area contributed by atoms with E-state index in [0.717, 1.165) is 29.7 Å². The van der Waals surface area contributed by atoms with Crippen molar-refractivity contribution >= 4 is 85.6 Å². The average Bonchev–Trinajstić information content (AvgIpc) is 3.04. The number of alkyl halides is 4. The summed E-state index contributed by atoms with van der Waals surface area (Å²) in [6.45, 7) is 0.309. The van der Waals surface area contributed by atoms with Gasteiger partial charge in [0.05, 0.1) is 5.70 Å². The molecule has 2 atom stereocenters. The van der Waals surface area contributed by atoms with Gasteiger partial charge in [0.15, 0.2) is 12.3 Å². The Balaban J connectivity index is 1.60. The summed E-state index contributed by atoms with van der Waals surface area (Å²) in [7, 11) is 0. The van der Waals surface area contributed by atoms with E-state index < -0.39 is 44.9 Å². The SMILES string of the molecule is O=C(COc1ccccc1)NC1C(=O)N(/C(C(=O)OCC(Cl)(Cl)Cl)=C(/CBr)N2CCCCC2)C1SC(=O)OCc1ccccc1. The third-order valence-electron chi connectivity index (χ3n) is 6.83. The number of rotatable bonds is 12. The summed E-state index contributed by atoms with van der Waals surface area (Å²) in [6.07, 6.45) is 2.78. The van der Waals surface area contributed by atoms with E-state index in [9.17, 15) is 19.2 Å². The van der Waals surface area contributed by atoms with Crippen LogP contribution in [0.4, 0.5) is 4.79 Å². The molecule has 2 saturated heterocycles. The first kappa shape index (κ1) is 35.2. The number of benzene rings is 2. The van der Waals surface area contributed by atoms with Gasteiger partial charge in [-0.2, -0.15) is 0 Å². The quantitative estimate of drug-likeness (QED) is 0.124. The lowest BCUT2D eigenvalue weighted by molar-refractivity contribution is -0.153. The van der Waals surface area contributed by atoms with Crippen LogP contribution in [0.15, 0.2) is 72.1 Å². The number of carbonyl (C=O) groups excluding carboxylic acids is 4. The van der Waals surface area contributed by atoms with Gasteiger partial charge in [0.25, 0.3) is 11.8 Å². The van der Waals surface area contributed by atoms with Crippen molar-refractivity contribution in [3.05, 3.63) is 77.6 Å². The fourth-order valence-corrected chi connectivity index (χ4v) is 6.46. The minimum Gasteiger partial charge on any atom is -0.484 e. The summed E-state index contributed by atoms with van der Waals surface area (Å²) >= 11 is 21.7. The second-order valence-corrected chi connectivity index (χ2v) is 14.2. The van der Waals surface area contributed by atoms with Crippen molar-refractivity contribution in [1.82, 2.24) is 15.1 Å². The number of halogens is 4. The molecule has 2 aromatic rings. The number of β-lactam (4-membered cyclic amide) rings is 1. The molecule has 45 heavy (non-hydrogen) atoms. The monoisotopic (exact) mass is 761 g/mol. The maximum absolute atomic E-state index is 13.7. The van der Waals surface area contributed by atoms with Crippen LogP contribution in [0.1, 0.15) is 24.8 Å². The number of esters is 1. The molecular formula is C30H31BrCl3N3O7S. The van der Waals surface area contributed by atoms with Gasteiger partial charge in [-0.15, -0.1) is 0 Å². The molecule has 0 spiro atoms. The minimum absolute atomic E-state index is 0.0102. The van der Waals surface area contributed by atoms with Crippen molar-refractivity contribution in [3.63, 3.8) is 0 Å². The maximum atomic E-state index is 13.7. The van der Waals surface area contributed by atoms with Crippen LogP contribution in [0.5, 0.6) is 5.75 Å². The first-order valence-electron chi connectivity index (χ1n) is 14.0. The standard InChI is InChI=1S/C30H31BrCl3N3O7S/c31-16-22(36-14-8-3-9-15-36)25(28(40)44-19-30(32,33)34)37-26(39)24(35-23(38)18-42-21-12-6-2-7-13-21)27(37)45-29(41)43-17-20-10-4-1-5-11-20/h1-2,4-7,10-13,24,27H,3,8-9,14-19H2,(H,35,38)/b25-22-. The van der Waals surface area contributed by atoms with Crippen molar-refractivity contribution in [2.24, 2.45) is 0 Å². The molecule has 0 aromatic heterocycles. The van der Waals surface area contributed by atoms with Crippen LogP contribution >= 0.6 is 62.5 Å². The number of amides is 2. The fourth-order valence-electron chi connectivity index (χ4n) is 4.72. The van der Waals surface area contributed by atoms with Gasteiger partial charge in [0.1, 0.15) is 30.4 Å².